The van der Waals surface area contributed by atoms with Crippen molar-refractivity contribution in [2.24, 2.45) is 5.92 Å². The summed E-state index contributed by atoms with van der Waals surface area (Å²) in [4.78, 5) is 14.1. The van der Waals surface area contributed by atoms with E-state index < -0.39 is 11.7 Å². The maximum absolute atomic E-state index is 13.4. The van der Waals surface area contributed by atoms with Crippen molar-refractivity contribution >= 4 is 5.91 Å². The van der Waals surface area contributed by atoms with Crippen molar-refractivity contribution in [2.75, 3.05) is 19.7 Å². The number of likely N-dealkylation sites (tertiary alicyclic amines) is 1. The zero-order valence-electron chi connectivity index (χ0n) is 12.6. The van der Waals surface area contributed by atoms with Gasteiger partial charge in [0.1, 0.15) is 5.92 Å². The number of benzene rings is 1. The van der Waals surface area contributed by atoms with Crippen LogP contribution < -0.4 is 4.74 Å². The summed E-state index contributed by atoms with van der Waals surface area (Å²) in [5, 5.41) is 9.22. The second-order valence-corrected chi connectivity index (χ2v) is 5.49. The number of carbonyl (C=O) groups excluding carboxylic acids is 1. The topological polar surface area (TPSA) is 53.3 Å². The third-order valence-corrected chi connectivity index (χ3v) is 3.87. The number of carbonyl (C=O) groups is 1. The molecule has 1 aliphatic rings. The maximum Gasteiger partial charge on any atom is 0.240 e. The Balaban J connectivity index is 1.85. The fourth-order valence-electron chi connectivity index (χ4n) is 2.60. The highest BCUT2D eigenvalue weighted by Gasteiger charge is 2.24. The first-order chi connectivity index (χ1) is 10.7. The molecule has 1 aromatic carbocycles. The number of ether oxygens (including phenoxy) is 1. The van der Waals surface area contributed by atoms with Crippen molar-refractivity contribution in [1.29, 1.82) is 5.26 Å². The van der Waals surface area contributed by atoms with Gasteiger partial charge in [-0.05, 0) is 25.0 Å². The lowest BCUT2D eigenvalue weighted by molar-refractivity contribution is -0.134. The van der Waals surface area contributed by atoms with E-state index in [0.29, 0.717) is 0 Å². The van der Waals surface area contributed by atoms with Gasteiger partial charge in [0.25, 0.3) is 0 Å². The number of nitriles is 1. The van der Waals surface area contributed by atoms with Crippen molar-refractivity contribution < 1.29 is 13.9 Å². The van der Waals surface area contributed by atoms with E-state index in [-0.39, 0.29) is 24.7 Å². The zero-order valence-corrected chi connectivity index (χ0v) is 12.6. The molecule has 1 aromatic rings. The van der Waals surface area contributed by atoms with Crippen LogP contribution in [0.1, 0.15) is 32.1 Å². The lowest BCUT2D eigenvalue weighted by Gasteiger charge is -2.22. The summed E-state index contributed by atoms with van der Waals surface area (Å²) in [5.41, 5.74) is 0. The number of hydrogen-bond donors (Lipinski definition) is 0. The van der Waals surface area contributed by atoms with E-state index in [1.165, 1.54) is 12.1 Å². The van der Waals surface area contributed by atoms with Crippen LogP contribution in [0.2, 0.25) is 0 Å². The third kappa shape index (κ3) is 4.45. The molecule has 0 bridgehead atoms. The summed E-state index contributed by atoms with van der Waals surface area (Å²) >= 11 is 0. The standard InChI is InChI=1S/C17H21FN2O2/c18-15-7-3-4-8-16(15)22-12-9-14(13-19)17(21)20-10-5-1-2-6-11-20/h3-4,7-8,14H,1-2,5-6,9-12H2. The molecule has 0 N–H and O–H groups in total. The molecule has 0 radical (unpaired) electrons. The molecular formula is C17H21FN2O2. The van der Waals surface area contributed by atoms with E-state index in [4.69, 9.17) is 4.74 Å². The minimum Gasteiger partial charge on any atom is -0.490 e. The third-order valence-electron chi connectivity index (χ3n) is 3.87. The number of rotatable bonds is 5. The number of amides is 1. The first-order valence-electron chi connectivity index (χ1n) is 7.78. The van der Waals surface area contributed by atoms with Crippen molar-refractivity contribution in [2.45, 2.75) is 32.1 Å². The van der Waals surface area contributed by atoms with Gasteiger partial charge < -0.3 is 9.64 Å². The van der Waals surface area contributed by atoms with Gasteiger partial charge in [-0.3, -0.25) is 4.79 Å². The van der Waals surface area contributed by atoms with Crippen LogP contribution >= 0.6 is 0 Å². The molecule has 5 heteroatoms. The lowest BCUT2D eigenvalue weighted by Crippen LogP contribution is -2.37. The number of hydrogen-bond acceptors (Lipinski definition) is 3. The molecule has 118 valence electrons. The van der Waals surface area contributed by atoms with Crippen molar-refractivity contribution in [3.63, 3.8) is 0 Å². The smallest absolute Gasteiger partial charge is 0.240 e. The van der Waals surface area contributed by atoms with Gasteiger partial charge in [-0.1, -0.05) is 25.0 Å². The Hall–Kier alpha value is -2.09. The van der Waals surface area contributed by atoms with Gasteiger partial charge in [0, 0.05) is 19.5 Å². The van der Waals surface area contributed by atoms with Crippen LogP contribution in [0.15, 0.2) is 24.3 Å². The molecule has 2 rings (SSSR count). The summed E-state index contributed by atoms with van der Waals surface area (Å²) in [6.07, 6.45) is 4.54. The van der Waals surface area contributed by atoms with Crippen LogP contribution in [0.5, 0.6) is 5.75 Å². The van der Waals surface area contributed by atoms with Crippen LogP contribution in [-0.4, -0.2) is 30.5 Å². The molecule has 0 aromatic heterocycles. The van der Waals surface area contributed by atoms with Gasteiger partial charge in [0.15, 0.2) is 11.6 Å². The quantitative estimate of drug-likeness (QED) is 0.839. The normalized spacial score (nSPS) is 16.5. The molecule has 0 spiro atoms. The van der Waals surface area contributed by atoms with E-state index in [0.717, 1.165) is 38.8 Å². The Morgan fingerprint density at radius 1 is 1.27 bits per heavy atom. The predicted molar refractivity (Wildman–Crippen MR) is 80.7 cm³/mol. The second-order valence-electron chi connectivity index (χ2n) is 5.49. The molecule has 1 aliphatic heterocycles. The summed E-state index contributed by atoms with van der Waals surface area (Å²) in [6.45, 7) is 1.61. The highest BCUT2D eigenvalue weighted by molar-refractivity contribution is 5.81. The molecular weight excluding hydrogens is 283 g/mol. The van der Waals surface area contributed by atoms with Gasteiger partial charge >= 0.3 is 0 Å². The highest BCUT2D eigenvalue weighted by Crippen LogP contribution is 2.18. The number of nitrogens with zero attached hydrogens (tertiary/aromatic N) is 2. The fraction of sp³-hybridized carbons (Fsp3) is 0.529. The fourth-order valence-corrected chi connectivity index (χ4v) is 2.60. The molecule has 1 heterocycles. The maximum atomic E-state index is 13.4. The predicted octanol–water partition coefficient (Wildman–Crippen LogP) is 3.14. The minimum atomic E-state index is -0.718. The van der Waals surface area contributed by atoms with Crippen molar-refractivity contribution in [3.8, 4) is 11.8 Å². The van der Waals surface area contributed by atoms with Crippen LogP contribution in [-0.2, 0) is 4.79 Å². The van der Waals surface area contributed by atoms with Gasteiger partial charge in [-0.25, -0.2) is 4.39 Å². The van der Waals surface area contributed by atoms with E-state index in [9.17, 15) is 14.4 Å². The van der Waals surface area contributed by atoms with Crippen molar-refractivity contribution in [1.82, 2.24) is 4.90 Å². The average Bonchev–Trinajstić information content (AvgIpc) is 2.82. The van der Waals surface area contributed by atoms with E-state index in [2.05, 4.69) is 6.07 Å². The Morgan fingerprint density at radius 2 is 1.95 bits per heavy atom. The molecule has 1 unspecified atom stereocenters. The molecule has 22 heavy (non-hydrogen) atoms. The molecule has 4 nitrogen and oxygen atoms in total. The minimum absolute atomic E-state index is 0.124. The van der Waals surface area contributed by atoms with Gasteiger partial charge in [0.05, 0.1) is 12.7 Å². The van der Waals surface area contributed by atoms with Gasteiger partial charge in [-0.2, -0.15) is 5.26 Å². The summed E-state index contributed by atoms with van der Waals surface area (Å²) in [5.74, 6) is -1.12. The summed E-state index contributed by atoms with van der Waals surface area (Å²) in [6, 6.07) is 8.18. The largest absolute Gasteiger partial charge is 0.490 e. The highest BCUT2D eigenvalue weighted by atomic mass is 19.1. The van der Waals surface area contributed by atoms with Crippen LogP contribution in [0.4, 0.5) is 4.39 Å². The molecule has 0 saturated carbocycles. The van der Waals surface area contributed by atoms with Crippen LogP contribution in [0.25, 0.3) is 0 Å². The van der Waals surface area contributed by atoms with E-state index in [1.54, 1.807) is 17.0 Å². The van der Waals surface area contributed by atoms with E-state index >= 15 is 0 Å². The number of para-hydroxylation sites is 1. The molecule has 1 atom stereocenters. The Kier molecular flexibility index (Phi) is 6.20. The van der Waals surface area contributed by atoms with Crippen LogP contribution in [0, 0.1) is 23.1 Å². The molecule has 1 amide bonds. The monoisotopic (exact) mass is 304 g/mol. The van der Waals surface area contributed by atoms with Gasteiger partial charge in [0.2, 0.25) is 5.91 Å². The Morgan fingerprint density at radius 3 is 2.59 bits per heavy atom. The van der Waals surface area contributed by atoms with Crippen molar-refractivity contribution in [3.05, 3.63) is 30.1 Å². The molecule has 0 aliphatic carbocycles. The SMILES string of the molecule is N#CC(CCOc1ccccc1F)C(=O)N1CCCCCC1. The molecule has 1 saturated heterocycles. The Labute approximate surface area is 130 Å². The van der Waals surface area contributed by atoms with Crippen LogP contribution in [0.3, 0.4) is 0 Å². The second kappa shape index (κ2) is 8.38. The zero-order chi connectivity index (χ0) is 15.8. The van der Waals surface area contributed by atoms with Gasteiger partial charge in [-0.15, -0.1) is 0 Å². The summed E-state index contributed by atoms with van der Waals surface area (Å²) in [7, 11) is 0. The molecule has 1 fully saturated rings. The lowest BCUT2D eigenvalue weighted by atomic mass is 10.1. The van der Waals surface area contributed by atoms with E-state index in [1.807, 2.05) is 0 Å². The number of halogens is 1. The summed E-state index contributed by atoms with van der Waals surface area (Å²) < 4.78 is 18.8. The first-order valence-corrected chi connectivity index (χ1v) is 7.78. The first kappa shape index (κ1) is 16.3. The average molecular weight is 304 g/mol. The Bertz CT molecular complexity index is 534.